The monoisotopic (exact) mass is 476 g/mol. The van der Waals surface area contributed by atoms with E-state index in [1.807, 2.05) is 6.92 Å². The number of fused-ring (bicyclic) bond motifs is 5. The highest BCUT2D eigenvalue weighted by atomic mass is 16.4. The summed E-state index contributed by atoms with van der Waals surface area (Å²) in [6.45, 7) is 16.8. The van der Waals surface area contributed by atoms with E-state index in [0.29, 0.717) is 30.1 Å². The third kappa shape index (κ3) is 3.16. The molecule has 34 heavy (non-hydrogen) atoms. The van der Waals surface area contributed by atoms with Gasteiger partial charge in [-0.15, -0.1) is 0 Å². The Hall–Kier alpha value is -0.160. The van der Waals surface area contributed by atoms with Crippen LogP contribution in [0.1, 0.15) is 99.8 Å². The molecule has 5 fully saturated rings. The third-order valence-corrected chi connectivity index (χ3v) is 13.7. The van der Waals surface area contributed by atoms with Crippen LogP contribution in [0.3, 0.4) is 0 Å². The summed E-state index contributed by atoms with van der Waals surface area (Å²) in [6.07, 6.45) is 4.77. The van der Waals surface area contributed by atoms with Crippen LogP contribution in [0.25, 0.3) is 0 Å². The lowest BCUT2D eigenvalue weighted by Gasteiger charge is -2.66. The van der Waals surface area contributed by atoms with E-state index in [4.69, 9.17) is 0 Å². The number of aliphatic hydroxyl groups excluding tert-OH is 3. The average molecular weight is 477 g/mol. The van der Waals surface area contributed by atoms with Crippen LogP contribution in [0, 0.1) is 63.6 Å². The van der Waals surface area contributed by atoms with Crippen molar-refractivity contribution in [1.82, 2.24) is 0 Å². The summed E-state index contributed by atoms with van der Waals surface area (Å²) in [5.41, 5.74) is -1.37. The smallest absolute Gasteiger partial charge is 0.101 e. The first-order chi connectivity index (χ1) is 15.7. The molecule has 0 aliphatic heterocycles. The van der Waals surface area contributed by atoms with Gasteiger partial charge < -0.3 is 20.4 Å². The van der Waals surface area contributed by atoms with E-state index in [0.717, 1.165) is 42.4 Å². The fourth-order valence-corrected chi connectivity index (χ4v) is 11.0. The zero-order valence-electron chi connectivity index (χ0n) is 22.8. The van der Waals surface area contributed by atoms with Crippen molar-refractivity contribution in [2.24, 2.45) is 63.6 Å². The number of rotatable bonds is 4. The highest BCUT2D eigenvalue weighted by Gasteiger charge is 2.70. The van der Waals surface area contributed by atoms with Crippen LogP contribution in [0.15, 0.2) is 0 Å². The van der Waals surface area contributed by atoms with Crippen molar-refractivity contribution in [2.75, 3.05) is 0 Å². The molecular formula is C30H52O4. The Kier molecular flexibility index (Phi) is 5.94. The summed E-state index contributed by atoms with van der Waals surface area (Å²) in [7, 11) is 0. The molecule has 4 heteroatoms. The van der Waals surface area contributed by atoms with Gasteiger partial charge in [0.15, 0.2) is 0 Å². The minimum absolute atomic E-state index is 0.181. The molecule has 0 bridgehead atoms. The quantitative estimate of drug-likeness (QED) is 0.459. The molecular weight excluding hydrogens is 424 g/mol. The number of hydrogen-bond donors (Lipinski definition) is 4. The SMILES string of the molecule is CC(C)[C@@H](C)[C@@]1(C)C[C@@H]1[C@@H](C)[C@H]1CC[C@H]2[C@@H]3C[C@@H](O)[C@@]4(O)C[C@@H](O)C[C@@H](O)[C@]4(C)[C@H]3CC[C@]12C. The Morgan fingerprint density at radius 1 is 0.765 bits per heavy atom. The molecule has 0 amide bonds. The molecule has 4 nitrogen and oxygen atoms in total. The van der Waals surface area contributed by atoms with E-state index in [1.54, 1.807) is 0 Å². The first kappa shape index (κ1) is 25.5. The molecule has 4 N–H and O–H groups in total. The second kappa shape index (κ2) is 7.92. The minimum atomic E-state index is -1.40. The van der Waals surface area contributed by atoms with Crippen LogP contribution < -0.4 is 0 Å². The molecule has 5 aliphatic rings. The first-order valence-corrected chi connectivity index (χ1v) is 14.5. The molecule has 0 unspecified atom stereocenters. The molecule has 0 saturated heterocycles. The fourth-order valence-electron chi connectivity index (χ4n) is 11.0. The van der Waals surface area contributed by atoms with Crippen molar-refractivity contribution in [3.8, 4) is 0 Å². The lowest BCUT2D eigenvalue weighted by atomic mass is 9.41. The van der Waals surface area contributed by atoms with Crippen LogP contribution in [0.2, 0.25) is 0 Å². The zero-order chi connectivity index (χ0) is 25.0. The molecule has 5 saturated carbocycles. The molecule has 0 heterocycles. The average Bonchev–Trinajstić information content (AvgIpc) is 3.32. The molecule has 196 valence electrons. The van der Waals surface area contributed by atoms with Gasteiger partial charge in [0.1, 0.15) is 5.60 Å². The van der Waals surface area contributed by atoms with Gasteiger partial charge >= 0.3 is 0 Å². The second-order valence-electron chi connectivity index (χ2n) is 14.9. The van der Waals surface area contributed by atoms with Gasteiger partial charge in [-0.25, -0.2) is 0 Å². The Labute approximate surface area is 207 Å². The van der Waals surface area contributed by atoms with Gasteiger partial charge in [-0.3, -0.25) is 0 Å². The maximum atomic E-state index is 11.7. The first-order valence-electron chi connectivity index (χ1n) is 14.5. The van der Waals surface area contributed by atoms with Crippen molar-refractivity contribution in [2.45, 2.75) is 124 Å². The lowest BCUT2D eigenvalue weighted by Crippen LogP contribution is -2.72. The van der Waals surface area contributed by atoms with Gasteiger partial charge in [0, 0.05) is 11.8 Å². The van der Waals surface area contributed by atoms with E-state index in [9.17, 15) is 20.4 Å². The van der Waals surface area contributed by atoms with Crippen LogP contribution in [-0.4, -0.2) is 44.3 Å². The van der Waals surface area contributed by atoms with Crippen LogP contribution >= 0.6 is 0 Å². The van der Waals surface area contributed by atoms with Crippen molar-refractivity contribution < 1.29 is 20.4 Å². The number of aliphatic hydroxyl groups is 4. The van der Waals surface area contributed by atoms with Crippen molar-refractivity contribution in [3.63, 3.8) is 0 Å². The third-order valence-electron chi connectivity index (χ3n) is 13.7. The van der Waals surface area contributed by atoms with Crippen LogP contribution in [-0.2, 0) is 0 Å². The predicted molar refractivity (Wildman–Crippen MR) is 135 cm³/mol. The topological polar surface area (TPSA) is 80.9 Å². The van der Waals surface area contributed by atoms with Gasteiger partial charge in [-0.1, -0.05) is 48.5 Å². The normalized spacial score (nSPS) is 58.6. The zero-order valence-corrected chi connectivity index (χ0v) is 22.8. The highest BCUT2D eigenvalue weighted by molar-refractivity contribution is 5.20. The highest BCUT2D eigenvalue weighted by Crippen LogP contribution is 2.72. The maximum Gasteiger partial charge on any atom is 0.101 e. The predicted octanol–water partition coefficient (Wildman–Crippen LogP) is 5.02. The van der Waals surface area contributed by atoms with E-state index in [-0.39, 0.29) is 17.8 Å². The molecule has 0 spiro atoms. The van der Waals surface area contributed by atoms with E-state index in [2.05, 4.69) is 41.5 Å². The van der Waals surface area contributed by atoms with Gasteiger partial charge in [0.05, 0.1) is 18.3 Å². The molecule has 5 aliphatic carbocycles. The minimum Gasteiger partial charge on any atom is -0.393 e. The molecule has 5 rings (SSSR count). The largest absolute Gasteiger partial charge is 0.393 e. The summed E-state index contributed by atoms with van der Waals surface area (Å²) in [6, 6.07) is 0. The fraction of sp³-hybridized carbons (Fsp3) is 1.00. The van der Waals surface area contributed by atoms with Crippen LogP contribution in [0.5, 0.6) is 0 Å². The van der Waals surface area contributed by atoms with Gasteiger partial charge in [0.2, 0.25) is 0 Å². The van der Waals surface area contributed by atoms with Crippen molar-refractivity contribution in [3.05, 3.63) is 0 Å². The Morgan fingerprint density at radius 3 is 2.09 bits per heavy atom. The molecule has 0 aromatic rings. The van der Waals surface area contributed by atoms with E-state index >= 15 is 0 Å². The van der Waals surface area contributed by atoms with Gasteiger partial charge in [0.25, 0.3) is 0 Å². The van der Waals surface area contributed by atoms with Crippen molar-refractivity contribution >= 4 is 0 Å². The summed E-state index contributed by atoms with van der Waals surface area (Å²) in [5.74, 6) is 4.89. The molecule has 0 aromatic carbocycles. The summed E-state index contributed by atoms with van der Waals surface area (Å²) < 4.78 is 0. The summed E-state index contributed by atoms with van der Waals surface area (Å²) in [5, 5.41) is 44.5. The van der Waals surface area contributed by atoms with E-state index in [1.165, 1.54) is 19.3 Å². The summed E-state index contributed by atoms with van der Waals surface area (Å²) >= 11 is 0. The Bertz CT molecular complexity index is 799. The standard InChI is InChI=1S/C30H52O4/c1-16(2)18(4)28(6)15-24(28)17(3)21-8-9-22-20-13-26(33)30(34)14-19(31)12-25(32)29(30,7)23(20)10-11-27(21,22)5/h16-26,31-34H,8-15H2,1-7H3/t17-,18+,19-,20-,21+,22-,23-,24+,25+,26+,27+,28+,29-,30-/m0/s1. The number of hydrogen-bond acceptors (Lipinski definition) is 4. The van der Waals surface area contributed by atoms with Gasteiger partial charge in [-0.05, 0) is 103 Å². The van der Waals surface area contributed by atoms with E-state index < -0.39 is 29.3 Å². The van der Waals surface area contributed by atoms with Gasteiger partial charge in [-0.2, -0.15) is 0 Å². The molecule has 14 atom stereocenters. The maximum absolute atomic E-state index is 11.7. The van der Waals surface area contributed by atoms with Crippen molar-refractivity contribution in [1.29, 1.82) is 0 Å². The Balaban J connectivity index is 1.40. The second-order valence-corrected chi connectivity index (χ2v) is 14.9. The van der Waals surface area contributed by atoms with Crippen LogP contribution in [0.4, 0.5) is 0 Å². The molecule has 0 aromatic heterocycles. The lowest BCUT2D eigenvalue weighted by molar-refractivity contribution is -0.295. The summed E-state index contributed by atoms with van der Waals surface area (Å²) in [4.78, 5) is 0. The Morgan fingerprint density at radius 2 is 1.44 bits per heavy atom. The molecule has 0 radical (unpaired) electrons.